The van der Waals surface area contributed by atoms with Gasteiger partial charge in [-0.1, -0.05) is 17.7 Å². The lowest BCUT2D eigenvalue weighted by Crippen LogP contribution is -2.04. The molecule has 17 heavy (non-hydrogen) atoms. The van der Waals surface area contributed by atoms with Crippen molar-refractivity contribution < 1.29 is 9.18 Å². The van der Waals surface area contributed by atoms with Crippen molar-refractivity contribution in [2.45, 2.75) is 6.42 Å². The number of hydrogen-bond donors (Lipinski definition) is 0. The Morgan fingerprint density at radius 3 is 2.82 bits per heavy atom. The summed E-state index contributed by atoms with van der Waals surface area (Å²) >= 11 is 5.62. The third kappa shape index (κ3) is 2.88. The molecular formula is C13H9ClFNO. The maximum absolute atomic E-state index is 12.9. The van der Waals surface area contributed by atoms with Gasteiger partial charge in [0.25, 0.3) is 0 Å². The first-order chi connectivity index (χ1) is 8.16. The van der Waals surface area contributed by atoms with Gasteiger partial charge in [-0.3, -0.25) is 9.78 Å². The largest absolute Gasteiger partial charge is 0.294 e. The van der Waals surface area contributed by atoms with E-state index in [4.69, 9.17) is 11.6 Å². The minimum atomic E-state index is -0.524. The van der Waals surface area contributed by atoms with Crippen LogP contribution in [0.3, 0.4) is 0 Å². The predicted molar refractivity (Wildman–Crippen MR) is 63.7 cm³/mol. The van der Waals surface area contributed by atoms with Crippen molar-refractivity contribution >= 4 is 17.4 Å². The van der Waals surface area contributed by atoms with E-state index < -0.39 is 5.82 Å². The molecule has 2 rings (SSSR count). The lowest BCUT2D eigenvalue weighted by molar-refractivity contribution is 0.0993. The maximum Gasteiger partial charge on any atom is 0.167 e. The second-order valence-electron chi connectivity index (χ2n) is 3.59. The molecule has 4 heteroatoms. The van der Waals surface area contributed by atoms with Crippen LogP contribution in [-0.2, 0) is 6.42 Å². The van der Waals surface area contributed by atoms with Crippen LogP contribution in [0.25, 0.3) is 0 Å². The molecule has 1 aromatic heterocycles. The van der Waals surface area contributed by atoms with Gasteiger partial charge >= 0.3 is 0 Å². The fourth-order valence-corrected chi connectivity index (χ4v) is 1.64. The molecule has 0 bridgehead atoms. The van der Waals surface area contributed by atoms with Gasteiger partial charge in [0.2, 0.25) is 0 Å². The van der Waals surface area contributed by atoms with Crippen LogP contribution in [0.4, 0.5) is 4.39 Å². The zero-order valence-corrected chi connectivity index (χ0v) is 9.62. The number of halogens is 2. The Bertz CT molecular complexity index is 542. The molecule has 0 aliphatic heterocycles. The molecule has 1 aromatic carbocycles. The molecule has 0 radical (unpaired) electrons. The topological polar surface area (TPSA) is 30.0 Å². The molecule has 0 aliphatic rings. The van der Waals surface area contributed by atoms with E-state index in [0.717, 1.165) is 5.56 Å². The van der Waals surface area contributed by atoms with Crippen LogP contribution in [0.2, 0.25) is 5.02 Å². The second kappa shape index (κ2) is 5.06. The van der Waals surface area contributed by atoms with E-state index >= 15 is 0 Å². The molecule has 0 aliphatic carbocycles. The molecule has 0 saturated carbocycles. The monoisotopic (exact) mass is 249 g/mol. The number of benzene rings is 1. The summed E-state index contributed by atoms with van der Waals surface area (Å²) in [7, 11) is 0. The molecule has 0 unspecified atom stereocenters. The quantitative estimate of drug-likeness (QED) is 0.782. The first-order valence-corrected chi connectivity index (χ1v) is 5.42. The van der Waals surface area contributed by atoms with Crippen LogP contribution in [0.1, 0.15) is 15.9 Å². The fourth-order valence-electron chi connectivity index (χ4n) is 1.46. The third-order valence-electron chi connectivity index (χ3n) is 2.33. The summed E-state index contributed by atoms with van der Waals surface area (Å²) in [6.45, 7) is 0. The van der Waals surface area contributed by atoms with Gasteiger partial charge in [0.05, 0.1) is 5.02 Å². The van der Waals surface area contributed by atoms with Crippen molar-refractivity contribution in [2.75, 3.05) is 0 Å². The summed E-state index contributed by atoms with van der Waals surface area (Å²) in [5, 5.41) is -0.0398. The summed E-state index contributed by atoms with van der Waals surface area (Å²) in [4.78, 5) is 15.8. The van der Waals surface area contributed by atoms with E-state index in [1.54, 1.807) is 18.5 Å². The molecule has 1 heterocycles. The van der Waals surface area contributed by atoms with Crippen LogP contribution >= 0.6 is 11.6 Å². The zero-order valence-electron chi connectivity index (χ0n) is 8.86. The number of hydrogen-bond acceptors (Lipinski definition) is 2. The SMILES string of the molecule is O=C(Cc1cccnc1)c1ccc(F)c(Cl)c1. The standard InChI is InChI=1S/C13H9ClFNO/c14-11-7-10(3-4-12(11)15)13(17)6-9-2-1-5-16-8-9/h1-5,7-8H,6H2. The van der Waals surface area contributed by atoms with Crippen LogP contribution in [0, 0.1) is 5.82 Å². The van der Waals surface area contributed by atoms with Crippen LogP contribution in [0.15, 0.2) is 42.7 Å². The van der Waals surface area contributed by atoms with Crippen molar-refractivity contribution in [1.29, 1.82) is 0 Å². The Hall–Kier alpha value is -1.74. The molecule has 0 spiro atoms. The second-order valence-corrected chi connectivity index (χ2v) is 4.00. The molecule has 2 aromatic rings. The van der Waals surface area contributed by atoms with E-state index in [-0.39, 0.29) is 17.2 Å². The highest BCUT2D eigenvalue weighted by molar-refractivity contribution is 6.31. The number of nitrogens with zero attached hydrogens (tertiary/aromatic N) is 1. The normalized spacial score (nSPS) is 10.2. The number of aromatic nitrogens is 1. The Morgan fingerprint density at radius 2 is 2.18 bits per heavy atom. The van der Waals surface area contributed by atoms with Crippen LogP contribution in [0.5, 0.6) is 0 Å². The van der Waals surface area contributed by atoms with Crippen molar-refractivity contribution in [3.8, 4) is 0 Å². The average Bonchev–Trinajstić information content (AvgIpc) is 2.34. The van der Waals surface area contributed by atoms with Crippen molar-refractivity contribution in [3.05, 3.63) is 64.7 Å². The van der Waals surface area contributed by atoms with Crippen LogP contribution < -0.4 is 0 Å². The van der Waals surface area contributed by atoms with Crippen molar-refractivity contribution in [3.63, 3.8) is 0 Å². The van der Waals surface area contributed by atoms with Gasteiger partial charge in [0.1, 0.15) is 5.82 Å². The van der Waals surface area contributed by atoms with E-state index in [1.807, 2.05) is 6.07 Å². The van der Waals surface area contributed by atoms with E-state index in [0.29, 0.717) is 5.56 Å². The zero-order chi connectivity index (χ0) is 12.3. The van der Waals surface area contributed by atoms with Gasteiger partial charge in [-0.25, -0.2) is 4.39 Å². The average molecular weight is 250 g/mol. The summed E-state index contributed by atoms with van der Waals surface area (Å²) in [5.41, 5.74) is 1.22. The number of pyridine rings is 1. The number of carbonyl (C=O) groups excluding carboxylic acids is 1. The first kappa shape index (κ1) is 11.7. The highest BCUT2D eigenvalue weighted by atomic mass is 35.5. The van der Waals surface area contributed by atoms with Crippen LogP contribution in [-0.4, -0.2) is 10.8 Å². The molecule has 86 valence electrons. The Labute approximate surface area is 103 Å². The van der Waals surface area contributed by atoms with Crippen molar-refractivity contribution in [1.82, 2.24) is 4.98 Å². The summed E-state index contributed by atoms with van der Waals surface area (Å²) in [6.07, 6.45) is 3.50. The first-order valence-electron chi connectivity index (χ1n) is 5.04. The Balaban J connectivity index is 2.18. The van der Waals surface area contributed by atoms with Gasteiger partial charge in [-0.05, 0) is 29.8 Å². The van der Waals surface area contributed by atoms with E-state index in [9.17, 15) is 9.18 Å². The minimum absolute atomic E-state index is 0.0398. The molecule has 0 fully saturated rings. The number of carbonyl (C=O) groups is 1. The molecule has 2 nitrogen and oxygen atoms in total. The molecular weight excluding hydrogens is 241 g/mol. The minimum Gasteiger partial charge on any atom is -0.294 e. The van der Waals surface area contributed by atoms with Gasteiger partial charge in [-0.15, -0.1) is 0 Å². The lowest BCUT2D eigenvalue weighted by atomic mass is 10.0. The Kier molecular flexibility index (Phi) is 3.49. The molecule has 0 N–H and O–H groups in total. The fraction of sp³-hybridized carbons (Fsp3) is 0.0769. The smallest absolute Gasteiger partial charge is 0.167 e. The van der Waals surface area contributed by atoms with Gasteiger partial charge in [0.15, 0.2) is 5.78 Å². The van der Waals surface area contributed by atoms with E-state index in [1.165, 1.54) is 18.2 Å². The number of ketones is 1. The van der Waals surface area contributed by atoms with Gasteiger partial charge in [-0.2, -0.15) is 0 Å². The molecule has 0 atom stereocenters. The van der Waals surface area contributed by atoms with Gasteiger partial charge < -0.3 is 0 Å². The third-order valence-corrected chi connectivity index (χ3v) is 2.62. The predicted octanol–water partition coefficient (Wildman–Crippen LogP) is 3.30. The van der Waals surface area contributed by atoms with Crippen molar-refractivity contribution in [2.24, 2.45) is 0 Å². The summed E-state index contributed by atoms with van der Waals surface area (Å²) in [6, 6.07) is 7.55. The van der Waals surface area contributed by atoms with Gasteiger partial charge in [0, 0.05) is 24.4 Å². The molecule has 0 amide bonds. The lowest BCUT2D eigenvalue weighted by Gasteiger charge is -2.02. The Morgan fingerprint density at radius 1 is 1.35 bits per heavy atom. The number of Topliss-reactive ketones (excluding diaryl/α,β-unsaturated/α-hetero) is 1. The highest BCUT2D eigenvalue weighted by Crippen LogP contribution is 2.17. The van der Waals surface area contributed by atoms with E-state index in [2.05, 4.69) is 4.98 Å². The molecule has 0 saturated heterocycles. The highest BCUT2D eigenvalue weighted by Gasteiger charge is 2.09. The number of rotatable bonds is 3. The maximum atomic E-state index is 12.9. The summed E-state index contributed by atoms with van der Waals surface area (Å²) in [5.74, 6) is -0.635. The summed E-state index contributed by atoms with van der Waals surface area (Å²) < 4.78 is 12.9.